The van der Waals surface area contributed by atoms with E-state index in [0.29, 0.717) is 5.02 Å². The number of hydrogen-bond donors (Lipinski definition) is 1. The molecule has 0 radical (unpaired) electrons. The van der Waals surface area contributed by atoms with Crippen molar-refractivity contribution in [3.05, 3.63) is 66.3 Å². The Morgan fingerprint density at radius 2 is 1.92 bits per heavy atom. The Hall–Kier alpha value is -3.25. The molecule has 0 bridgehead atoms. The van der Waals surface area contributed by atoms with Gasteiger partial charge in [-0.05, 0) is 30.3 Å². The second-order valence-electron chi connectivity index (χ2n) is 5.61. The number of nitrogens with one attached hydrogen (secondary N) is 1. The van der Waals surface area contributed by atoms with Crippen molar-refractivity contribution >= 4 is 50.7 Å². The maximum absolute atomic E-state index is 6.12. The van der Waals surface area contributed by atoms with Crippen molar-refractivity contribution < 1.29 is 0 Å². The summed E-state index contributed by atoms with van der Waals surface area (Å²) in [6, 6.07) is 11.3. The van der Waals surface area contributed by atoms with Gasteiger partial charge in [0.2, 0.25) is 0 Å². The highest BCUT2D eigenvalue weighted by atomic mass is 35.5. The number of benzene rings is 1. The van der Waals surface area contributed by atoms with E-state index in [1.54, 1.807) is 24.9 Å². The van der Waals surface area contributed by atoms with Crippen molar-refractivity contribution in [1.82, 2.24) is 24.3 Å². The summed E-state index contributed by atoms with van der Waals surface area (Å²) in [5.41, 5.74) is 4.84. The minimum atomic E-state index is 0.664. The quantitative estimate of drug-likeness (QED) is 0.518. The van der Waals surface area contributed by atoms with Crippen molar-refractivity contribution in [2.45, 2.75) is 0 Å². The third-order valence-corrected chi connectivity index (χ3v) is 4.26. The molecule has 0 aliphatic rings. The SMILES string of the molecule is Clc1cccc(Nc2c3cnccc3nc3c2nc2ccncn23)c1. The van der Waals surface area contributed by atoms with Crippen LogP contribution in [0.5, 0.6) is 0 Å². The van der Waals surface area contributed by atoms with E-state index in [0.717, 1.165) is 39.1 Å². The lowest BCUT2D eigenvalue weighted by molar-refractivity contribution is 1.10. The van der Waals surface area contributed by atoms with Gasteiger partial charge in [0, 0.05) is 34.7 Å². The molecule has 0 amide bonds. The van der Waals surface area contributed by atoms with E-state index >= 15 is 0 Å². The largest absolute Gasteiger partial charge is 0.353 e. The summed E-state index contributed by atoms with van der Waals surface area (Å²) in [7, 11) is 0. The van der Waals surface area contributed by atoms with Crippen molar-refractivity contribution in [1.29, 1.82) is 0 Å². The number of anilines is 2. The molecule has 1 N–H and O–H groups in total. The molecule has 1 aromatic carbocycles. The second kappa shape index (κ2) is 5.39. The first kappa shape index (κ1) is 14.1. The molecule has 25 heavy (non-hydrogen) atoms. The van der Waals surface area contributed by atoms with Crippen LogP contribution in [0.2, 0.25) is 5.02 Å². The Morgan fingerprint density at radius 3 is 2.84 bits per heavy atom. The standard InChI is InChI=1S/C18H11ClN6/c19-11-2-1-3-12(8-11)22-16-13-9-20-6-4-14(13)23-18-17(16)24-15-5-7-21-10-25(15)18/h1-10H,(H,22,23). The van der Waals surface area contributed by atoms with E-state index in [-0.39, 0.29) is 0 Å². The molecule has 4 heterocycles. The van der Waals surface area contributed by atoms with Crippen LogP contribution in [0, 0.1) is 0 Å². The van der Waals surface area contributed by atoms with Gasteiger partial charge >= 0.3 is 0 Å². The first-order valence-electron chi connectivity index (χ1n) is 7.68. The fourth-order valence-corrected chi connectivity index (χ4v) is 3.11. The Morgan fingerprint density at radius 1 is 1.00 bits per heavy atom. The maximum atomic E-state index is 6.12. The molecule has 5 rings (SSSR count). The van der Waals surface area contributed by atoms with E-state index < -0.39 is 0 Å². The van der Waals surface area contributed by atoms with Crippen LogP contribution in [0.4, 0.5) is 11.4 Å². The minimum absolute atomic E-state index is 0.664. The fraction of sp³-hybridized carbons (Fsp3) is 0. The van der Waals surface area contributed by atoms with Crippen LogP contribution in [-0.2, 0) is 0 Å². The van der Waals surface area contributed by atoms with E-state index in [1.165, 1.54) is 0 Å². The van der Waals surface area contributed by atoms with Crippen molar-refractivity contribution in [2.75, 3.05) is 5.32 Å². The zero-order chi connectivity index (χ0) is 16.8. The van der Waals surface area contributed by atoms with Crippen LogP contribution in [0.3, 0.4) is 0 Å². The number of aromatic nitrogens is 5. The molecule has 0 unspecified atom stereocenters. The number of rotatable bonds is 2. The predicted molar refractivity (Wildman–Crippen MR) is 98.3 cm³/mol. The lowest BCUT2D eigenvalue weighted by atomic mass is 10.2. The summed E-state index contributed by atoms with van der Waals surface area (Å²) in [5, 5.41) is 4.99. The summed E-state index contributed by atoms with van der Waals surface area (Å²) in [6.07, 6.45) is 6.95. The number of pyridine rings is 2. The van der Waals surface area contributed by atoms with Crippen LogP contribution in [0.25, 0.3) is 27.7 Å². The van der Waals surface area contributed by atoms with E-state index in [9.17, 15) is 0 Å². The molecule has 120 valence electrons. The smallest absolute Gasteiger partial charge is 0.168 e. The lowest BCUT2D eigenvalue weighted by Crippen LogP contribution is -1.96. The predicted octanol–water partition coefficient (Wildman–Crippen LogP) is 4.22. The highest BCUT2D eigenvalue weighted by molar-refractivity contribution is 6.30. The third-order valence-electron chi connectivity index (χ3n) is 4.03. The Balaban J connectivity index is 1.86. The summed E-state index contributed by atoms with van der Waals surface area (Å²) in [5.74, 6) is 0. The van der Waals surface area contributed by atoms with Gasteiger partial charge in [0.25, 0.3) is 0 Å². The summed E-state index contributed by atoms with van der Waals surface area (Å²) < 4.78 is 1.87. The van der Waals surface area contributed by atoms with Gasteiger partial charge < -0.3 is 5.32 Å². The Bertz CT molecular complexity index is 1250. The molecule has 0 spiro atoms. The number of nitrogens with zero attached hydrogens (tertiary/aromatic N) is 5. The first-order valence-corrected chi connectivity index (χ1v) is 8.05. The highest BCUT2D eigenvalue weighted by Gasteiger charge is 2.15. The average molecular weight is 347 g/mol. The van der Waals surface area contributed by atoms with E-state index in [2.05, 4.69) is 15.3 Å². The minimum Gasteiger partial charge on any atom is -0.353 e. The molecule has 0 saturated heterocycles. The zero-order valence-electron chi connectivity index (χ0n) is 12.9. The van der Waals surface area contributed by atoms with Crippen molar-refractivity contribution in [3.63, 3.8) is 0 Å². The van der Waals surface area contributed by atoms with Crippen LogP contribution >= 0.6 is 11.6 Å². The topological polar surface area (TPSA) is 68.0 Å². The Labute approximate surface area is 147 Å². The molecule has 0 aliphatic carbocycles. The van der Waals surface area contributed by atoms with Crippen molar-refractivity contribution in [3.8, 4) is 0 Å². The van der Waals surface area contributed by atoms with Gasteiger partial charge in [-0.25, -0.2) is 15.0 Å². The molecule has 0 fully saturated rings. The summed E-state index contributed by atoms with van der Waals surface area (Å²) in [6.45, 7) is 0. The van der Waals surface area contributed by atoms with Gasteiger partial charge in [0.05, 0.1) is 11.2 Å². The van der Waals surface area contributed by atoms with E-state index in [4.69, 9.17) is 21.6 Å². The summed E-state index contributed by atoms with van der Waals surface area (Å²) >= 11 is 6.12. The summed E-state index contributed by atoms with van der Waals surface area (Å²) in [4.78, 5) is 17.9. The van der Waals surface area contributed by atoms with Crippen LogP contribution in [-0.4, -0.2) is 24.3 Å². The second-order valence-corrected chi connectivity index (χ2v) is 6.04. The van der Waals surface area contributed by atoms with Gasteiger partial charge in [-0.1, -0.05) is 17.7 Å². The molecule has 0 saturated carbocycles. The maximum Gasteiger partial charge on any atom is 0.168 e. The zero-order valence-corrected chi connectivity index (χ0v) is 13.6. The first-order chi connectivity index (χ1) is 12.3. The normalized spacial score (nSPS) is 11.4. The number of fused-ring (bicyclic) bond motifs is 4. The molecule has 4 aromatic heterocycles. The molecular formula is C18H11ClN6. The third kappa shape index (κ3) is 2.27. The molecular weight excluding hydrogens is 336 g/mol. The van der Waals surface area contributed by atoms with Crippen LogP contribution < -0.4 is 5.32 Å². The molecule has 6 nitrogen and oxygen atoms in total. The molecule has 0 atom stereocenters. The fourth-order valence-electron chi connectivity index (χ4n) is 2.92. The average Bonchev–Trinajstić information content (AvgIpc) is 3.00. The van der Waals surface area contributed by atoms with Crippen molar-refractivity contribution in [2.24, 2.45) is 0 Å². The van der Waals surface area contributed by atoms with Gasteiger partial charge in [-0.2, -0.15) is 0 Å². The Kier molecular flexibility index (Phi) is 3.05. The number of halogens is 1. The van der Waals surface area contributed by atoms with Crippen LogP contribution in [0.1, 0.15) is 0 Å². The van der Waals surface area contributed by atoms with Crippen LogP contribution in [0.15, 0.2) is 61.3 Å². The molecule has 5 aromatic rings. The highest BCUT2D eigenvalue weighted by Crippen LogP contribution is 2.33. The number of hydrogen-bond acceptors (Lipinski definition) is 5. The van der Waals surface area contributed by atoms with Gasteiger partial charge in [-0.3, -0.25) is 9.38 Å². The van der Waals surface area contributed by atoms with Gasteiger partial charge in [0.1, 0.15) is 17.5 Å². The lowest BCUT2D eigenvalue weighted by Gasteiger charge is -2.10. The van der Waals surface area contributed by atoms with E-state index in [1.807, 2.05) is 40.8 Å². The van der Waals surface area contributed by atoms with Gasteiger partial charge in [0.15, 0.2) is 5.65 Å². The monoisotopic (exact) mass is 346 g/mol. The van der Waals surface area contributed by atoms with Gasteiger partial charge in [-0.15, -0.1) is 0 Å². The molecule has 0 aliphatic heterocycles. The number of imidazole rings is 1. The molecule has 7 heteroatoms.